The van der Waals surface area contributed by atoms with Crippen molar-refractivity contribution >= 4 is 56.1 Å². The van der Waals surface area contributed by atoms with Crippen LogP contribution in [0, 0.1) is 0 Å². The molecule has 2 aromatic heterocycles. The number of thiophene rings is 1. The molecule has 78 valence electrons. The van der Waals surface area contributed by atoms with Gasteiger partial charge in [0.05, 0.1) is 14.4 Å². The second kappa shape index (κ2) is 5.20. The molecule has 7 heteroatoms. The van der Waals surface area contributed by atoms with Gasteiger partial charge in [-0.25, -0.2) is 0 Å². The van der Waals surface area contributed by atoms with E-state index < -0.39 is 0 Å². The Morgan fingerprint density at radius 2 is 2.40 bits per heavy atom. The van der Waals surface area contributed by atoms with Gasteiger partial charge in [-0.15, -0.1) is 21.5 Å². The van der Waals surface area contributed by atoms with Gasteiger partial charge in [0.15, 0.2) is 10.1 Å². The van der Waals surface area contributed by atoms with Crippen LogP contribution in [-0.2, 0) is 0 Å². The highest BCUT2D eigenvalue weighted by Crippen LogP contribution is 2.25. The lowest BCUT2D eigenvalue weighted by Crippen LogP contribution is -1.98. The van der Waals surface area contributed by atoms with E-state index in [0.29, 0.717) is 5.75 Å². The van der Waals surface area contributed by atoms with Crippen LogP contribution >= 0.6 is 50.4 Å². The van der Waals surface area contributed by atoms with Crippen molar-refractivity contribution in [2.24, 2.45) is 0 Å². The van der Waals surface area contributed by atoms with Crippen LogP contribution in [0.5, 0.6) is 0 Å². The number of thioether (sulfide) groups is 1. The average Bonchev–Trinajstić information content (AvgIpc) is 2.84. The number of nitrogens with zero attached hydrogens (tertiary/aromatic N) is 2. The Hall–Kier alpha value is -0.240. The van der Waals surface area contributed by atoms with Crippen molar-refractivity contribution in [2.75, 3.05) is 5.75 Å². The van der Waals surface area contributed by atoms with Crippen LogP contribution in [0.2, 0.25) is 0 Å². The summed E-state index contributed by atoms with van der Waals surface area (Å²) in [4.78, 5) is 12.5. The molecule has 0 unspecified atom stereocenters. The monoisotopic (exact) mass is 320 g/mol. The highest BCUT2D eigenvalue weighted by atomic mass is 79.9. The van der Waals surface area contributed by atoms with Crippen molar-refractivity contribution in [1.82, 2.24) is 10.2 Å². The van der Waals surface area contributed by atoms with Gasteiger partial charge in [-0.3, -0.25) is 4.79 Å². The zero-order valence-electron chi connectivity index (χ0n) is 7.34. The van der Waals surface area contributed by atoms with Crippen LogP contribution in [0.1, 0.15) is 9.67 Å². The molecular weight excluding hydrogens is 316 g/mol. The summed E-state index contributed by atoms with van der Waals surface area (Å²) in [5.41, 5.74) is 1.66. The summed E-state index contributed by atoms with van der Waals surface area (Å²) in [5.74, 6) is 0.549. The molecule has 0 atom stereocenters. The van der Waals surface area contributed by atoms with Crippen molar-refractivity contribution in [1.29, 1.82) is 0 Å². The van der Waals surface area contributed by atoms with Gasteiger partial charge in [-0.1, -0.05) is 23.1 Å². The Balaban J connectivity index is 1.93. The van der Waals surface area contributed by atoms with Gasteiger partial charge in [0, 0.05) is 0 Å². The topological polar surface area (TPSA) is 42.9 Å². The fourth-order valence-electron chi connectivity index (χ4n) is 0.888. The molecule has 2 heterocycles. The number of carbonyl (C=O) groups excluding carboxylic acids is 1. The van der Waals surface area contributed by atoms with E-state index in [2.05, 4.69) is 26.1 Å². The maximum Gasteiger partial charge on any atom is 0.183 e. The second-order valence-electron chi connectivity index (χ2n) is 2.52. The highest BCUT2D eigenvalue weighted by Gasteiger charge is 2.10. The van der Waals surface area contributed by atoms with Crippen molar-refractivity contribution in [3.8, 4) is 0 Å². The minimum atomic E-state index is 0.130. The van der Waals surface area contributed by atoms with E-state index in [1.807, 2.05) is 12.1 Å². The highest BCUT2D eigenvalue weighted by molar-refractivity contribution is 9.11. The normalized spacial score (nSPS) is 10.5. The summed E-state index contributed by atoms with van der Waals surface area (Å²) in [6.07, 6.45) is 0. The van der Waals surface area contributed by atoms with Gasteiger partial charge in [0.2, 0.25) is 0 Å². The van der Waals surface area contributed by atoms with Crippen LogP contribution in [0.15, 0.2) is 25.8 Å². The van der Waals surface area contributed by atoms with E-state index >= 15 is 0 Å². The molecule has 0 spiro atoms. The van der Waals surface area contributed by atoms with Crippen molar-refractivity contribution in [2.45, 2.75) is 4.34 Å². The van der Waals surface area contributed by atoms with Gasteiger partial charge in [-0.2, -0.15) is 0 Å². The largest absolute Gasteiger partial charge is 0.292 e. The minimum absolute atomic E-state index is 0.130. The number of hydrogen-bond donors (Lipinski definition) is 0. The second-order valence-corrected chi connectivity index (χ2v) is 7.04. The zero-order chi connectivity index (χ0) is 10.7. The number of ketones is 1. The van der Waals surface area contributed by atoms with E-state index in [0.717, 1.165) is 13.0 Å². The molecule has 0 amide bonds. The lowest BCUT2D eigenvalue weighted by atomic mass is 10.4. The predicted molar refractivity (Wildman–Crippen MR) is 67.0 cm³/mol. The number of Topliss-reactive ketones (excluding diaryl/α,β-unsaturated/α-hetero) is 1. The number of rotatable bonds is 4. The molecule has 2 aromatic rings. The van der Waals surface area contributed by atoms with E-state index in [9.17, 15) is 4.79 Å². The maximum atomic E-state index is 11.7. The number of aromatic nitrogens is 2. The van der Waals surface area contributed by atoms with Gasteiger partial charge >= 0.3 is 0 Å². The first-order chi connectivity index (χ1) is 7.25. The van der Waals surface area contributed by atoms with Crippen molar-refractivity contribution < 1.29 is 4.79 Å². The molecule has 15 heavy (non-hydrogen) atoms. The number of carbonyl (C=O) groups is 1. The third-order valence-corrected chi connectivity index (χ3v) is 5.04. The van der Waals surface area contributed by atoms with Crippen LogP contribution < -0.4 is 0 Å². The molecule has 0 N–H and O–H groups in total. The smallest absolute Gasteiger partial charge is 0.183 e. The molecule has 0 bridgehead atoms. The fraction of sp³-hybridized carbons (Fsp3) is 0.125. The third kappa shape index (κ3) is 3.10. The Morgan fingerprint density at radius 3 is 3.00 bits per heavy atom. The lowest BCUT2D eigenvalue weighted by Gasteiger charge is -1.93. The summed E-state index contributed by atoms with van der Waals surface area (Å²) in [6.45, 7) is 0. The van der Waals surface area contributed by atoms with Gasteiger partial charge in [0.1, 0.15) is 5.51 Å². The summed E-state index contributed by atoms with van der Waals surface area (Å²) in [6, 6.07) is 3.71. The third-order valence-electron chi connectivity index (χ3n) is 1.51. The standard InChI is InChI=1S/C8H5BrN2OS3/c9-7-2-1-6(15-7)5(12)3-13-8-11-10-4-14-8/h1-2,4H,3H2. The number of hydrogen-bond acceptors (Lipinski definition) is 6. The van der Waals surface area contributed by atoms with E-state index in [-0.39, 0.29) is 5.78 Å². The Kier molecular flexibility index (Phi) is 3.90. The summed E-state index contributed by atoms with van der Waals surface area (Å²) in [7, 11) is 0. The van der Waals surface area contributed by atoms with E-state index in [4.69, 9.17) is 0 Å². The van der Waals surface area contributed by atoms with Gasteiger partial charge in [0.25, 0.3) is 0 Å². The fourth-order valence-corrected chi connectivity index (χ4v) is 3.68. The van der Waals surface area contributed by atoms with Crippen molar-refractivity contribution in [3.05, 3.63) is 26.3 Å². The van der Waals surface area contributed by atoms with Gasteiger partial charge in [-0.05, 0) is 28.1 Å². The number of halogens is 1. The van der Waals surface area contributed by atoms with Crippen LogP contribution in [0.3, 0.4) is 0 Å². The molecule has 0 saturated heterocycles. The molecule has 0 aliphatic rings. The molecule has 0 saturated carbocycles. The summed E-state index contributed by atoms with van der Waals surface area (Å²) >= 11 is 7.66. The molecule has 3 nitrogen and oxygen atoms in total. The van der Waals surface area contributed by atoms with Crippen LogP contribution in [0.25, 0.3) is 0 Å². The first-order valence-corrected chi connectivity index (χ1v) is 7.40. The van der Waals surface area contributed by atoms with Crippen LogP contribution in [-0.4, -0.2) is 21.7 Å². The van der Waals surface area contributed by atoms with Crippen LogP contribution in [0.4, 0.5) is 0 Å². The quantitative estimate of drug-likeness (QED) is 0.640. The molecular formula is C8H5BrN2OS3. The zero-order valence-corrected chi connectivity index (χ0v) is 11.4. The predicted octanol–water partition coefficient (Wildman–Crippen LogP) is 3.34. The Bertz CT molecular complexity index is 454. The summed E-state index contributed by atoms with van der Waals surface area (Å²) < 4.78 is 1.81. The van der Waals surface area contributed by atoms with Crippen molar-refractivity contribution in [3.63, 3.8) is 0 Å². The first-order valence-electron chi connectivity index (χ1n) is 3.93. The molecule has 0 aliphatic carbocycles. The van der Waals surface area contributed by atoms with E-state index in [1.54, 1.807) is 5.51 Å². The molecule has 2 rings (SSSR count). The minimum Gasteiger partial charge on any atom is -0.292 e. The Morgan fingerprint density at radius 1 is 1.53 bits per heavy atom. The summed E-state index contributed by atoms with van der Waals surface area (Å²) in [5, 5.41) is 7.57. The van der Waals surface area contributed by atoms with Gasteiger partial charge < -0.3 is 0 Å². The Labute approximate surface area is 107 Å². The molecule has 0 aliphatic heterocycles. The maximum absolute atomic E-state index is 11.7. The lowest BCUT2D eigenvalue weighted by molar-refractivity contribution is 0.102. The van der Waals surface area contributed by atoms with E-state index in [1.165, 1.54) is 34.4 Å². The first kappa shape index (κ1) is 11.3. The molecule has 0 radical (unpaired) electrons. The SMILES string of the molecule is O=C(CSc1nncs1)c1ccc(Br)s1. The average molecular weight is 321 g/mol. The molecule has 0 fully saturated rings. The molecule has 0 aromatic carbocycles.